The van der Waals surface area contributed by atoms with Crippen molar-refractivity contribution in [3.8, 4) is 0 Å². The topological polar surface area (TPSA) is 94.9 Å². The van der Waals surface area contributed by atoms with Crippen molar-refractivity contribution in [1.82, 2.24) is 25.8 Å². The van der Waals surface area contributed by atoms with E-state index in [2.05, 4.69) is 26.9 Å². The van der Waals surface area contributed by atoms with Crippen LogP contribution in [0.2, 0.25) is 0 Å². The van der Waals surface area contributed by atoms with Crippen molar-refractivity contribution >= 4 is 6.03 Å². The van der Waals surface area contributed by atoms with Gasteiger partial charge in [0.25, 0.3) is 0 Å². The van der Waals surface area contributed by atoms with Crippen LogP contribution in [-0.4, -0.2) is 79.6 Å². The maximum Gasteiger partial charge on any atom is 0.317 e. The van der Waals surface area contributed by atoms with Crippen LogP contribution < -0.4 is 21.7 Å². The third-order valence-electron chi connectivity index (χ3n) is 5.57. The van der Waals surface area contributed by atoms with E-state index in [0.29, 0.717) is 13.2 Å². The number of nitrogens with two attached hydrogens (primary N) is 1. The van der Waals surface area contributed by atoms with Gasteiger partial charge in [-0.25, -0.2) is 4.79 Å². The predicted octanol–water partition coefficient (Wildman–Crippen LogP) is -0.0213. The van der Waals surface area contributed by atoms with Crippen LogP contribution in [0.1, 0.15) is 32.6 Å². The van der Waals surface area contributed by atoms with Crippen molar-refractivity contribution in [2.24, 2.45) is 5.73 Å². The number of urea groups is 1. The van der Waals surface area contributed by atoms with E-state index in [-0.39, 0.29) is 30.5 Å². The number of hydrogen-bond acceptors (Lipinski definition) is 6. The van der Waals surface area contributed by atoms with Gasteiger partial charge in [-0.15, -0.1) is 0 Å². The Morgan fingerprint density at radius 2 is 2.12 bits per heavy atom. The molecule has 3 aliphatic rings. The maximum atomic E-state index is 12.3. The summed E-state index contributed by atoms with van der Waals surface area (Å²) >= 11 is 0. The highest BCUT2D eigenvalue weighted by molar-refractivity contribution is 5.74. The second-order valence-corrected chi connectivity index (χ2v) is 7.35. The molecule has 0 aromatic rings. The van der Waals surface area contributed by atoms with E-state index in [0.717, 1.165) is 51.9 Å². The molecule has 3 aliphatic heterocycles. The lowest BCUT2D eigenvalue weighted by molar-refractivity contribution is -0.0352. The average molecular weight is 367 g/mol. The van der Waals surface area contributed by atoms with Crippen molar-refractivity contribution in [2.45, 2.75) is 57.1 Å². The molecule has 0 aromatic carbocycles. The lowest BCUT2D eigenvalue weighted by Gasteiger charge is -2.41. The Hall–Kier alpha value is -1.35. The molecule has 0 saturated carbocycles. The number of ether oxygens (including phenoxy) is 1. The fourth-order valence-electron chi connectivity index (χ4n) is 4.03. The minimum atomic E-state index is -0.0276. The molecule has 3 heterocycles. The Morgan fingerprint density at radius 3 is 2.81 bits per heavy atom. The average Bonchev–Trinajstić information content (AvgIpc) is 2.68. The molecule has 0 spiro atoms. The van der Waals surface area contributed by atoms with Crippen molar-refractivity contribution in [3.05, 3.63) is 12.3 Å². The van der Waals surface area contributed by atoms with Gasteiger partial charge in [-0.05, 0) is 38.8 Å². The Balaban J connectivity index is 1.45. The standard InChI is InChI=1S/C18H34N6O2/c1-2-20-18(25)24-10-3-5-15(19)16(24)13-26-14-6-11-23(12-7-14)17-21-8-4-9-22-17/h4,8,14-17,21-22H,2-3,5-7,9-13,19H2,1H3,(H,20,25). The van der Waals surface area contributed by atoms with Crippen LogP contribution in [0.15, 0.2) is 12.3 Å². The first-order chi connectivity index (χ1) is 12.7. The molecule has 0 aliphatic carbocycles. The van der Waals surface area contributed by atoms with Crippen LogP contribution in [0.5, 0.6) is 0 Å². The molecular formula is C18H34N6O2. The number of amides is 2. The molecule has 8 nitrogen and oxygen atoms in total. The van der Waals surface area contributed by atoms with Gasteiger partial charge in [0.1, 0.15) is 6.29 Å². The Bertz CT molecular complexity index is 480. The minimum absolute atomic E-state index is 0.00567. The van der Waals surface area contributed by atoms with E-state index in [1.807, 2.05) is 18.0 Å². The SMILES string of the molecule is CCNC(=O)N1CCCC(N)C1COC1CCN(C2NC=CCN2)CC1. The van der Waals surface area contributed by atoms with Crippen LogP contribution in [0, 0.1) is 0 Å². The summed E-state index contributed by atoms with van der Waals surface area (Å²) in [7, 11) is 0. The van der Waals surface area contributed by atoms with Gasteiger partial charge in [-0.1, -0.05) is 6.08 Å². The number of likely N-dealkylation sites (tertiary alicyclic amines) is 2. The summed E-state index contributed by atoms with van der Waals surface area (Å²) in [5.41, 5.74) is 6.31. The Kier molecular flexibility index (Phi) is 7.13. The van der Waals surface area contributed by atoms with E-state index in [1.165, 1.54) is 0 Å². The van der Waals surface area contributed by atoms with E-state index in [1.54, 1.807) is 0 Å². The maximum absolute atomic E-state index is 12.3. The lowest BCUT2D eigenvalue weighted by atomic mass is 9.97. The van der Waals surface area contributed by atoms with Gasteiger partial charge in [0, 0.05) is 38.8 Å². The summed E-state index contributed by atoms with van der Waals surface area (Å²) in [4.78, 5) is 16.6. The van der Waals surface area contributed by atoms with E-state index in [4.69, 9.17) is 10.5 Å². The summed E-state index contributed by atoms with van der Waals surface area (Å²) in [5, 5.41) is 9.69. The van der Waals surface area contributed by atoms with Gasteiger partial charge in [0.15, 0.2) is 0 Å². The first-order valence-corrected chi connectivity index (χ1v) is 9.99. The Morgan fingerprint density at radius 1 is 1.31 bits per heavy atom. The first-order valence-electron chi connectivity index (χ1n) is 9.99. The number of rotatable bonds is 5. The highest BCUT2D eigenvalue weighted by Gasteiger charge is 2.33. The van der Waals surface area contributed by atoms with Gasteiger partial charge in [0.2, 0.25) is 0 Å². The van der Waals surface area contributed by atoms with E-state index < -0.39 is 0 Å². The molecule has 3 unspecified atom stereocenters. The van der Waals surface area contributed by atoms with Crippen LogP contribution in [0.3, 0.4) is 0 Å². The van der Waals surface area contributed by atoms with Crippen LogP contribution in [-0.2, 0) is 4.74 Å². The highest BCUT2D eigenvalue weighted by atomic mass is 16.5. The second-order valence-electron chi connectivity index (χ2n) is 7.35. The van der Waals surface area contributed by atoms with Gasteiger partial charge in [-0.3, -0.25) is 10.2 Å². The molecule has 3 rings (SSSR count). The summed E-state index contributed by atoms with van der Waals surface area (Å²) in [6.07, 6.45) is 8.50. The summed E-state index contributed by atoms with van der Waals surface area (Å²) < 4.78 is 6.20. The van der Waals surface area contributed by atoms with Gasteiger partial charge in [0.05, 0.1) is 18.8 Å². The molecule has 2 fully saturated rings. The smallest absolute Gasteiger partial charge is 0.317 e. The van der Waals surface area contributed by atoms with Gasteiger partial charge in [-0.2, -0.15) is 0 Å². The lowest BCUT2D eigenvalue weighted by Crippen LogP contribution is -2.59. The molecule has 5 N–H and O–H groups in total. The number of hydrogen-bond donors (Lipinski definition) is 4. The number of piperidine rings is 2. The molecule has 3 atom stereocenters. The fourth-order valence-corrected chi connectivity index (χ4v) is 4.03. The quantitative estimate of drug-likeness (QED) is 0.546. The predicted molar refractivity (Wildman–Crippen MR) is 101 cm³/mol. The van der Waals surface area contributed by atoms with Gasteiger partial charge < -0.3 is 26.0 Å². The Labute approximate surface area is 156 Å². The number of carbonyl (C=O) groups excluding carboxylic acids is 1. The highest BCUT2D eigenvalue weighted by Crippen LogP contribution is 2.20. The van der Waals surface area contributed by atoms with Crippen molar-refractivity contribution < 1.29 is 9.53 Å². The number of carbonyl (C=O) groups is 1. The van der Waals surface area contributed by atoms with Crippen molar-refractivity contribution in [2.75, 3.05) is 39.3 Å². The zero-order chi connectivity index (χ0) is 18.4. The van der Waals surface area contributed by atoms with E-state index in [9.17, 15) is 4.79 Å². The zero-order valence-corrected chi connectivity index (χ0v) is 15.8. The molecule has 2 saturated heterocycles. The van der Waals surface area contributed by atoms with Crippen LogP contribution >= 0.6 is 0 Å². The third kappa shape index (κ3) is 4.88. The molecule has 0 radical (unpaired) electrons. The number of nitrogens with zero attached hydrogens (tertiary/aromatic N) is 2. The van der Waals surface area contributed by atoms with Crippen LogP contribution in [0.4, 0.5) is 4.79 Å². The third-order valence-corrected chi connectivity index (χ3v) is 5.57. The molecular weight excluding hydrogens is 332 g/mol. The fraction of sp³-hybridized carbons (Fsp3) is 0.833. The molecule has 0 aromatic heterocycles. The van der Waals surface area contributed by atoms with Crippen molar-refractivity contribution in [1.29, 1.82) is 0 Å². The first kappa shape index (κ1) is 19.4. The molecule has 148 valence electrons. The molecule has 0 bridgehead atoms. The monoisotopic (exact) mass is 366 g/mol. The van der Waals surface area contributed by atoms with Gasteiger partial charge >= 0.3 is 6.03 Å². The minimum Gasteiger partial charge on any atom is -0.376 e. The van der Waals surface area contributed by atoms with Crippen LogP contribution in [0.25, 0.3) is 0 Å². The number of nitrogens with one attached hydrogen (secondary N) is 3. The summed E-state index contributed by atoms with van der Waals surface area (Å²) in [6, 6.07) is -0.0532. The van der Waals surface area contributed by atoms with Crippen molar-refractivity contribution in [3.63, 3.8) is 0 Å². The summed E-state index contributed by atoms with van der Waals surface area (Å²) in [6.45, 7) is 6.77. The molecule has 26 heavy (non-hydrogen) atoms. The normalized spacial score (nSPS) is 30.8. The molecule has 2 amide bonds. The second kappa shape index (κ2) is 9.55. The molecule has 8 heteroatoms. The summed E-state index contributed by atoms with van der Waals surface area (Å²) in [5.74, 6) is 0. The largest absolute Gasteiger partial charge is 0.376 e. The zero-order valence-electron chi connectivity index (χ0n) is 15.8. The van der Waals surface area contributed by atoms with E-state index >= 15 is 0 Å².